The summed E-state index contributed by atoms with van der Waals surface area (Å²) in [6.45, 7) is 0.860. The molecular formula is C24H22N6O2. The Balaban J connectivity index is 1.42. The van der Waals surface area contributed by atoms with Gasteiger partial charge in [-0.1, -0.05) is 54.6 Å². The Morgan fingerprint density at radius 1 is 0.969 bits per heavy atom. The molecule has 4 aromatic rings. The first-order valence-corrected chi connectivity index (χ1v) is 10.1. The van der Waals surface area contributed by atoms with Gasteiger partial charge in [0.05, 0.1) is 23.7 Å². The molecule has 0 aliphatic carbocycles. The molecule has 160 valence electrons. The minimum Gasteiger partial charge on any atom is -0.347 e. The number of amides is 2. The number of aromatic nitrogens is 4. The lowest BCUT2D eigenvalue weighted by Crippen LogP contribution is -2.26. The van der Waals surface area contributed by atoms with Crippen LogP contribution in [-0.2, 0) is 13.1 Å². The van der Waals surface area contributed by atoms with E-state index in [1.54, 1.807) is 18.1 Å². The van der Waals surface area contributed by atoms with Gasteiger partial charge in [-0.15, -0.1) is 0 Å². The normalized spacial score (nSPS) is 10.5. The number of benzene rings is 2. The molecular weight excluding hydrogens is 404 g/mol. The third-order valence-corrected chi connectivity index (χ3v) is 4.97. The van der Waals surface area contributed by atoms with Gasteiger partial charge in [0.2, 0.25) is 0 Å². The fourth-order valence-corrected chi connectivity index (χ4v) is 3.28. The van der Waals surface area contributed by atoms with Crippen LogP contribution in [0.5, 0.6) is 0 Å². The lowest BCUT2D eigenvalue weighted by molar-refractivity contribution is 0.0785. The smallest absolute Gasteiger partial charge is 0.271 e. The lowest BCUT2D eigenvalue weighted by atomic mass is 10.0. The largest absolute Gasteiger partial charge is 0.347 e. The van der Waals surface area contributed by atoms with Crippen molar-refractivity contribution >= 4 is 11.8 Å². The Hall–Kier alpha value is -4.33. The second-order valence-electron chi connectivity index (χ2n) is 7.28. The Morgan fingerprint density at radius 3 is 2.47 bits per heavy atom. The van der Waals surface area contributed by atoms with Crippen LogP contribution in [0.25, 0.3) is 11.3 Å². The fraction of sp³-hybridized carbons (Fsp3) is 0.125. The average molecular weight is 426 g/mol. The number of carbonyl (C=O) groups is 2. The van der Waals surface area contributed by atoms with Gasteiger partial charge < -0.3 is 10.2 Å². The summed E-state index contributed by atoms with van der Waals surface area (Å²) in [5.74, 6) is -0.400. The molecule has 8 heteroatoms. The highest BCUT2D eigenvalue weighted by Crippen LogP contribution is 2.23. The van der Waals surface area contributed by atoms with Crippen molar-refractivity contribution in [1.82, 2.24) is 30.4 Å². The van der Waals surface area contributed by atoms with Crippen LogP contribution in [0.15, 0.2) is 79.4 Å². The molecule has 0 fully saturated rings. The maximum atomic E-state index is 13.0. The van der Waals surface area contributed by atoms with Crippen molar-refractivity contribution in [3.05, 3.63) is 102 Å². The van der Waals surface area contributed by atoms with Gasteiger partial charge in [-0.3, -0.25) is 19.7 Å². The van der Waals surface area contributed by atoms with E-state index in [2.05, 4.69) is 25.5 Å². The highest BCUT2D eigenvalue weighted by atomic mass is 16.2. The predicted molar refractivity (Wildman–Crippen MR) is 119 cm³/mol. The molecule has 2 amide bonds. The summed E-state index contributed by atoms with van der Waals surface area (Å²) in [6, 6.07) is 17.4. The number of rotatable bonds is 7. The maximum absolute atomic E-state index is 13.0. The van der Waals surface area contributed by atoms with Crippen LogP contribution in [0.4, 0.5) is 0 Å². The Kier molecular flexibility index (Phi) is 6.31. The summed E-state index contributed by atoms with van der Waals surface area (Å²) in [5.41, 5.74) is 4.24. The third kappa shape index (κ3) is 4.86. The summed E-state index contributed by atoms with van der Waals surface area (Å²) in [7, 11) is 1.77. The van der Waals surface area contributed by atoms with Crippen LogP contribution in [0.3, 0.4) is 0 Å². The number of H-pyrrole nitrogens is 1. The molecule has 2 aromatic carbocycles. The summed E-state index contributed by atoms with van der Waals surface area (Å²) in [5, 5.41) is 9.83. The first-order valence-electron chi connectivity index (χ1n) is 10.1. The van der Waals surface area contributed by atoms with E-state index < -0.39 is 0 Å². The molecule has 32 heavy (non-hydrogen) atoms. The van der Waals surface area contributed by atoms with Crippen molar-refractivity contribution in [1.29, 1.82) is 0 Å². The molecule has 2 heterocycles. The van der Waals surface area contributed by atoms with Gasteiger partial charge in [0.25, 0.3) is 11.8 Å². The van der Waals surface area contributed by atoms with Gasteiger partial charge in [0.15, 0.2) is 0 Å². The molecule has 0 saturated heterocycles. The van der Waals surface area contributed by atoms with E-state index in [0.29, 0.717) is 24.3 Å². The molecule has 8 nitrogen and oxygen atoms in total. The van der Waals surface area contributed by atoms with E-state index >= 15 is 0 Å². The molecule has 0 atom stereocenters. The topological polar surface area (TPSA) is 104 Å². The number of hydrogen-bond donors (Lipinski definition) is 2. The monoisotopic (exact) mass is 426 g/mol. The second kappa shape index (κ2) is 9.65. The molecule has 0 saturated carbocycles. The highest BCUT2D eigenvalue weighted by Gasteiger charge is 2.19. The zero-order valence-corrected chi connectivity index (χ0v) is 17.5. The van der Waals surface area contributed by atoms with Gasteiger partial charge in [-0.25, -0.2) is 4.98 Å². The van der Waals surface area contributed by atoms with Crippen LogP contribution < -0.4 is 5.32 Å². The van der Waals surface area contributed by atoms with Gasteiger partial charge >= 0.3 is 0 Å². The van der Waals surface area contributed by atoms with E-state index in [0.717, 1.165) is 16.7 Å². The van der Waals surface area contributed by atoms with Crippen molar-refractivity contribution in [2.45, 2.75) is 13.1 Å². The van der Waals surface area contributed by atoms with E-state index in [1.165, 1.54) is 18.6 Å². The zero-order valence-electron chi connectivity index (χ0n) is 17.5. The summed E-state index contributed by atoms with van der Waals surface area (Å²) in [4.78, 5) is 34.7. The molecule has 2 aromatic heterocycles. The number of hydrogen-bond acceptors (Lipinski definition) is 5. The van der Waals surface area contributed by atoms with Crippen molar-refractivity contribution in [3.8, 4) is 11.3 Å². The molecule has 0 spiro atoms. The van der Waals surface area contributed by atoms with Crippen LogP contribution >= 0.6 is 0 Å². The van der Waals surface area contributed by atoms with Crippen molar-refractivity contribution < 1.29 is 9.59 Å². The second-order valence-corrected chi connectivity index (χ2v) is 7.28. The summed E-state index contributed by atoms with van der Waals surface area (Å²) < 4.78 is 0. The van der Waals surface area contributed by atoms with Crippen molar-refractivity contribution in [2.24, 2.45) is 0 Å². The molecule has 4 rings (SSSR count). The lowest BCUT2D eigenvalue weighted by Gasteiger charge is -2.17. The van der Waals surface area contributed by atoms with Crippen molar-refractivity contribution in [3.63, 3.8) is 0 Å². The first kappa shape index (κ1) is 20.9. The van der Waals surface area contributed by atoms with Gasteiger partial charge in [0.1, 0.15) is 5.69 Å². The maximum Gasteiger partial charge on any atom is 0.271 e. The zero-order chi connectivity index (χ0) is 22.3. The first-order chi connectivity index (χ1) is 15.6. The SMILES string of the molecule is CN(Cc1ccccc1)C(=O)c1cn[nH]c1-c1ccc(CNC(=O)c2cnccn2)cc1. The van der Waals surface area contributed by atoms with E-state index in [9.17, 15) is 9.59 Å². The van der Waals surface area contributed by atoms with E-state index in [1.807, 2.05) is 54.6 Å². The number of nitrogens with one attached hydrogen (secondary N) is 2. The molecule has 0 aliphatic heterocycles. The third-order valence-electron chi connectivity index (χ3n) is 4.97. The Morgan fingerprint density at radius 2 is 1.75 bits per heavy atom. The minimum absolute atomic E-state index is 0.113. The van der Waals surface area contributed by atoms with Gasteiger partial charge in [0, 0.05) is 38.1 Å². The predicted octanol–water partition coefficient (Wildman–Crippen LogP) is 3.07. The Labute approximate surface area is 185 Å². The van der Waals surface area contributed by atoms with Crippen molar-refractivity contribution in [2.75, 3.05) is 7.05 Å². The number of carbonyl (C=O) groups excluding carboxylic acids is 2. The number of nitrogens with zero attached hydrogens (tertiary/aromatic N) is 4. The summed E-state index contributed by atoms with van der Waals surface area (Å²) in [6.07, 6.45) is 5.96. The quantitative estimate of drug-likeness (QED) is 0.473. The fourth-order valence-electron chi connectivity index (χ4n) is 3.28. The minimum atomic E-state index is -0.287. The van der Waals surface area contributed by atoms with Crippen LogP contribution in [-0.4, -0.2) is 43.9 Å². The Bertz CT molecular complexity index is 1190. The van der Waals surface area contributed by atoms with E-state index in [4.69, 9.17) is 0 Å². The van der Waals surface area contributed by atoms with Gasteiger partial charge in [-0.2, -0.15) is 5.10 Å². The molecule has 0 aliphatic rings. The number of aromatic amines is 1. The van der Waals surface area contributed by atoms with Crippen LogP contribution in [0, 0.1) is 0 Å². The van der Waals surface area contributed by atoms with Gasteiger partial charge in [-0.05, 0) is 11.1 Å². The molecule has 0 radical (unpaired) electrons. The molecule has 0 bridgehead atoms. The molecule has 0 unspecified atom stereocenters. The van der Waals surface area contributed by atoms with E-state index in [-0.39, 0.29) is 17.5 Å². The highest BCUT2D eigenvalue weighted by molar-refractivity contribution is 5.99. The average Bonchev–Trinajstić information content (AvgIpc) is 3.33. The van der Waals surface area contributed by atoms with Crippen LogP contribution in [0.2, 0.25) is 0 Å². The standard InChI is InChI=1S/C24H22N6O2/c1-30(16-18-5-3-2-4-6-18)24(32)20-14-28-29-22(20)19-9-7-17(8-10-19)13-27-23(31)21-15-25-11-12-26-21/h2-12,14-15H,13,16H2,1H3,(H,27,31)(H,28,29). The van der Waals surface area contributed by atoms with Crippen LogP contribution in [0.1, 0.15) is 32.0 Å². The molecule has 2 N–H and O–H groups in total. The summed E-state index contributed by atoms with van der Waals surface area (Å²) >= 11 is 0.